The van der Waals surface area contributed by atoms with Crippen molar-refractivity contribution < 1.29 is 4.79 Å². The summed E-state index contributed by atoms with van der Waals surface area (Å²) in [5.74, 6) is 0.145. The zero-order valence-electron chi connectivity index (χ0n) is 19.0. The first-order valence-electron chi connectivity index (χ1n) is 11.5. The fourth-order valence-electron chi connectivity index (χ4n) is 4.46. The molecule has 0 unspecified atom stereocenters. The summed E-state index contributed by atoms with van der Waals surface area (Å²) in [6.45, 7) is 7.10. The number of nitrogens with zero attached hydrogens (tertiary/aromatic N) is 3. The molecule has 0 radical (unpaired) electrons. The molecule has 3 heterocycles. The second kappa shape index (κ2) is 9.77. The van der Waals surface area contributed by atoms with Crippen LogP contribution in [0.5, 0.6) is 0 Å². The van der Waals surface area contributed by atoms with E-state index in [4.69, 9.17) is 0 Å². The Morgan fingerprint density at radius 3 is 2.52 bits per heavy atom. The zero-order chi connectivity index (χ0) is 22.6. The molecule has 2 aromatic heterocycles. The maximum absolute atomic E-state index is 13.5. The molecule has 5 heteroatoms. The van der Waals surface area contributed by atoms with Crippen molar-refractivity contribution in [2.24, 2.45) is 0 Å². The summed E-state index contributed by atoms with van der Waals surface area (Å²) in [7, 11) is 0. The van der Waals surface area contributed by atoms with Crippen molar-refractivity contribution in [3.05, 3.63) is 101 Å². The third-order valence-electron chi connectivity index (χ3n) is 6.44. The molecule has 2 aromatic carbocycles. The van der Waals surface area contributed by atoms with E-state index in [-0.39, 0.29) is 5.91 Å². The third-order valence-corrected chi connectivity index (χ3v) is 7.40. The van der Waals surface area contributed by atoms with E-state index in [1.165, 1.54) is 21.5 Å². The lowest BCUT2D eigenvalue weighted by Gasteiger charge is -2.34. The minimum absolute atomic E-state index is 0.145. The Balaban J connectivity index is 1.27. The van der Waals surface area contributed by atoms with Gasteiger partial charge < -0.3 is 9.47 Å². The summed E-state index contributed by atoms with van der Waals surface area (Å²) < 4.78 is 2.21. The average Bonchev–Trinajstić information content (AvgIpc) is 3.44. The van der Waals surface area contributed by atoms with Crippen LogP contribution >= 0.6 is 11.3 Å². The van der Waals surface area contributed by atoms with Gasteiger partial charge in [0, 0.05) is 44.7 Å². The van der Waals surface area contributed by atoms with Gasteiger partial charge in [-0.15, -0.1) is 11.3 Å². The molecule has 4 aromatic rings. The topological polar surface area (TPSA) is 28.5 Å². The Hall–Kier alpha value is -3.15. The van der Waals surface area contributed by atoms with Crippen LogP contribution in [0.25, 0.3) is 16.3 Å². The first-order valence-corrected chi connectivity index (χ1v) is 12.4. The van der Waals surface area contributed by atoms with Gasteiger partial charge in [-0.05, 0) is 41.1 Å². The molecule has 168 valence electrons. The van der Waals surface area contributed by atoms with Gasteiger partial charge in [0.2, 0.25) is 0 Å². The van der Waals surface area contributed by atoms with Gasteiger partial charge in [0.15, 0.2) is 0 Å². The lowest BCUT2D eigenvalue weighted by atomic mass is 10.1. The number of carbonyl (C=O) groups is 1. The number of piperazine rings is 1. The van der Waals surface area contributed by atoms with Gasteiger partial charge in [-0.2, -0.15) is 0 Å². The molecule has 4 nitrogen and oxygen atoms in total. The third kappa shape index (κ3) is 4.80. The summed E-state index contributed by atoms with van der Waals surface area (Å²) >= 11 is 1.71. The number of rotatable bonds is 6. The van der Waals surface area contributed by atoms with Crippen LogP contribution in [0.15, 0.2) is 78.2 Å². The van der Waals surface area contributed by atoms with Gasteiger partial charge in [-0.3, -0.25) is 9.69 Å². The molecule has 0 aliphatic carbocycles. The molecule has 5 rings (SSSR count). The summed E-state index contributed by atoms with van der Waals surface area (Å²) in [6.07, 6.45) is 4.39. The average molecular weight is 456 g/mol. The van der Waals surface area contributed by atoms with E-state index in [0.29, 0.717) is 0 Å². The number of hydrogen-bond donors (Lipinski definition) is 0. The van der Waals surface area contributed by atoms with Crippen LogP contribution < -0.4 is 0 Å². The molecular weight excluding hydrogens is 426 g/mol. The number of carbonyl (C=O) groups excluding carboxylic acids is 1. The smallest absolute Gasteiger partial charge is 0.270 e. The highest BCUT2D eigenvalue weighted by Crippen LogP contribution is 2.28. The van der Waals surface area contributed by atoms with Crippen molar-refractivity contribution in [3.63, 3.8) is 0 Å². The second-order valence-electron chi connectivity index (χ2n) is 8.63. The van der Waals surface area contributed by atoms with Crippen molar-refractivity contribution in [2.75, 3.05) is 32.7 Å². The molecule has 33 heavy (non-hydrogen) atoms. The Labute approximate surface area is 199 Å². The molecule has 1 aliphatic heterocycles. The Morgan fingerprint density at radius 1 is 0.970 bits per heavy atom. The van der Waals surface area contributed by atoms with E-state index in [1.54, 1.807) is 11.3 Å². The van der Waals surface area contributed by atoms with E-state index in [0.717, 1.165) is 50.3 Å². The first-order chi connectivity index (χ1) is 16.2. The quantitative estimate of drug-likeness (QED) is 0.382. The molecule has 1 fully saturated rings. The van der Waals surface area contributed by atoms with Gasteiger partial charge in [-0.25, -0.2) is 0 Å². The van der Waals surface area contributed by atoms with Gasteiger partial charge in [0.1, 0.15) is 10.5 Å². The molecule has 1 aliphatic rings. The van der Waals surface area contributed by atoms with Crippen molar-refractivity contribution in [3.8, 4) is 0 Å². The maximum Gasteiger partial charge on any atom is 0.270 e. The number of benzene rings is 2. The van der Waals surface area contributed by atoms with E-state index < -0.39 is 0 Å². The lowest BCUT2D eigenvalue weighted by molar-refractivity contribution is 0.0640. The number of thiophene rings is 1. The van der Waals surface area contributed by atoms with Crippen LogP contribution in [0.2, 0.25) is 0 Å². The molecule has 1 saturated heterocycles. The van der Waals surface area contributed by atoms with E-state index in [1.807, 2.05) is 11.0 Å². The van der Waals surface area contributed by atoms with Crippen LogP contribution in [0, 0.1) is 6.92 Å². The fourth-order valence-corrected chi connectivity index (χ4v) is 5.36. The van der Waals surface area contributed by atoms with Crippen molar-refractivity contribution in [2.45, 2.75) is 13.5 Å². The van der Waals surface area contributed by atoms with Crippen molar-refractivity contribution in [1.82, 2.24) is 14.4 Å². The van der Waals surface area contributed by atoms with Crippen LogP contribution in [-0.2, 0) is 6.54 Å². The summed E-state index contributed by atoms with van der Waals surface area (Å²) in [4.78, 5) is 19.1. The molecule has 0 N–H and O–H groups in total. The lowest BCUT2D eigenvalue weighted by Crippen LogP contribution is -2.49. The standard InChI is InChI=1S/C28H29N3OS/c1-22-8-5-6-12-25(22)21-31-26(20-24-13-19-33-28(24)31)27(32)30-17-15-29(16-18-30)14-7-11-23-9-3-2-4-10-23/h2-13,19-20H,14-18,21H2,1H3/b11-7+. The monoisotopic (exact) mass is 455 g/mol. The Bertz CT molecular complexity index is 1260. The fraction of sp³-hybridized carbons (Fsp3) is 0.250. The molecule has 0 bridgehead atoms. The minimum Gasteiger partial charge on any atom is -0.335 e. The van der Waals surface area contributed by atoms with Crippen LogP contribution in [-0.4, -0.2) is 53.0 Å². The molecule has 0 saturated carbocycles. The SMILES string of the molecule is Cc1ccccc1Cn1c(C(=O)N2CCN(C/C=C/c3ccccc3)CC2)cc2ccsc21. The number of hydrogen-bond acceptors (Lipinski definition) is 3. The van der Waals surface area contributed by atoms with Crippen molar-refractivity contribution >= 4 is 33.5 Å². The van der Waals surface area contributed by atoms with E-state index >= 15 is 0 Å². The second-order valence-corrected chi connectivity index (χ2v) is 9.52. The number of fused-ring (bicyclic) bond motifs is 1. The summed E-state index contributed by atoms with van der Waals surface area (Å²) in [5, 5.41) is 3.26. The van der Waals surface area contributed by atoms with Gasteiger partial charge in [0.25, 0.3) is 5.91 Å². The van der Waals surface area contributed by atoms with Gasteiger partial charge >= 0.3 is 0 Å². The van der Waals surface area contributed by atoms with E-state index in [2.05, 4.69) is 94.6 Å². The number of amides is 1. The molecule has 0 atom stereocenters. The normalized spacial score (nSPS) is 15.0. The zero-order valence-corrected chi connectivity index (χ0v) is 19.8. The number of aromatic nitrogens is 1. The minimum atomic E-state index is 0.145. The number of aryl methyl sites for hydroxylation is 1. The Kier molecular flexibility index (Phi) is 6.42. The molecule has 0 spiro atoms. The van der Waals surface area contributed by atoms with E-state index in [9.17, 15) is 4.79 Å². The predicted molar refractivity (Wildman–Crippen MR) is 138 cm³/mol. The largest absolute Gasteiger partial charge is 0.335 e. The van der Waals surface area contributed by atoms with Gasteiger partial charge in [-0.1, -0.05) is 66.7 Å². The first kappa shape index (κ1) is 21.7. The molecular formula is C28H29N3OS. The summed E-state index contributed by atoms with van der Waals surface area (Å²) in [5.41, 5.74) is 4.54. The van der Waals surface area contributed by atoms with Crippen LogP contribution in [0.4, 0.5) is 0 Å². The highest BCUT2D eigenvalue weighted by Gasteiger charge is 2.25. The predicted octanol–water partition coefficient (Wildman–Crippen LogP) is 5.53. The van der Waals surface area contributed by atoms with Gasteiger partial charge in [0.05, 0.1) is 0 Å². The highest BCUT2D eigenvalue weighted by molar-refractivity contribution is 7.16. The summed E-state index contributed by atoms with van der Waals surface area (Å²) in [6, 6.07) is 23.0. The highest BCUT2D eigenvalue weighted by atomic mass is 32.1. The van der Waals surface area contributed by atoms with Crippen molar-refractivity contribution in [1.29, 1.82) is 0 Å². The maximum atomic E-state index is 13.5. The van der Waals surface area contributed by atoms with Crippen LogP contribution in [0.1, 0.15) is 27.2 Å². The van der Waals surface area contributed by atoms with Crippen LogP contribution in [0.3, 0.4) is 0 Å². The Morgan fingerprint density at radius 2 is 1.73 bits per heavy atom. The molecule has 1 amide bonds.